The molecule has 0 aromatic heterocycles. The zero-order valence-electron chi connectivity index (χ0n) is 11.2. The molecule has 2 aliphatic rings. The molecule has 2 aliphatic heterocycles. The number of piperazine rings is 1. The van der Waals surface area contributed by atoms with Gasteiger partial charge < -0.3 is 10.1 Å². The summed E-state index contributed by atoms with van der Waals surface area (Å²) in [6.45, 7) is 6.92. The Bertz CT molecular complexity index is 509. The van der Waals surface area contributed by atoms with Gasteiger partial charge in [-0.25, -0.2) is 0 Å². The zero-order valence-corrected chi connectivity index (χ0v) is 11.2. The summed E-state index contributed by atoms with van der Waals surface area (Å²) < 4.78 is 6.00. The van der Waals surface area contributed by atoms with E-state index in [9.17, 15) is 0 Å². The maximum Gasteiger partial charge on any atom is 0.0994 e. The van der Waals surface area contributed by atoms with Crippen LogP contribution < -0.4 is 5.32 Å². The van der Waals surface area contributed by atoms with Crippen molar-refractivity contribution in [2.75, 3.05) is 32.8 Å². The Morgan fingerprint density at radius 1 is 1.47 bits per heavy atom. The van der Waals surface area contributed by atoms with Gasteiger partial charge in [-0.2, -0.15) is 5.26 Å². The number of nitrogens with one attached hydrogen (secondary N) is 1. The quantitative estimate of drug-likeness (QED) is 0.821. The average molecular weight is 257 g/mol. The molecule has 0 aliphatic carbocycles. The molecule has 2 saturated heterocycles. The number of ether oxygens (including phenoxy) is 1. The molecule has 0 spiro atoms. The van der Waals surface area contributed by atoms with E-state index in [1.165, 1.54) is 5.56 Å². The van der Waals surface area contributed by atoms with E-state index in [2.05, 4.69) is 22.4 Å². The van der Waals surface area contributed by atoms with E-state index in [0.29, 0.717) is 6.04 Å². The van der Waals surface area contributed by atoms with E-state index in [1.807, 2.05) is 19.1 Å². The summed E-state index contributed by atoms with van der Waals surface area (Å²) >= 11 is 0. The van der Waals surface area contributed by atoms with Crippen LogP contribution in [0.5, 0.6) is 0 Å². The Morgan fingerprint density at radius 3 is 3.16 bits per heavy atom. The van der Waals surface area contributed by atoms with E-state index in [1.54, 1.807) is 0 Å². The predicted molar refractivity (Wildman–Crippen MR) is 72.8 cm³/mol. The molecule has 4 heteroatoms. The minimum Gasteiger partial charge on any atom is -0.371 e. The van der Waals surface area contributed by atoms with Crippen LogP contribution in [0.1, 0.15) is 22.8 Å². The van der Waals surface area contributed by atoms with E-state index >= 15 is 0 Å². The summed E-state index contributed by atoms with van der Waals surface area (Å²) in [5, 5.41) is 12.4. The molecule has 3 rings (SSSR count). The molecule has 1 aromatic carbocycles. The normalized spacial score (nSPS) is 27.6. The van der Waals surface area contributed by atoms with Crippen LogP contribution in [0.25, 0.3) is 0 Å². The van der Waals surface area contributed by atoms with Crippen LogP contribution in [0.3, 0.4) is 0 Å². The third-order valence-corrected chi connectivity index (χ3v) is 4.10. The molecule has 0 unspecified atom stereocenters. The van der Waals surface area contributed by atoms with Crippen molar-refractivity contribution in [1.82, 2.24) is 10.2 Å². The summed E-state index contributed by atoms with van der Waals surface area (Å²) in [6, 6.07) is 8.75. The molecule has 0 radical (unpaired) electrons. The van der Waals surface area contributed by atoms with Crippen molar-refractivity contribution >= 4 is 0 Å². The Balaban J connectivity index is 1.76. The van der Waals surface area contributed by atoms with Crippen molar-refractivity contribution in [3.8, 4) is 6.07 Å². The Kier molecular flexibility index (Phi) is 3.52. The number of rotatable bonds is 1. The van der Waals surface area contributed by atoms with E-state index in [4.69, 9.17) is 10.00 Å². The third-order valence-electron chi connectivity index (χ3n) is 4.10. The maximum atomic E-state index is 8.98. The van der Waals surface area contributed by atoms with Crippen molar-refractivity contribution in [1.29, 1.82) is 5.26 Å². The molecule has 2 heterocycles. The largest absolute Gasteiger partial charge is 0.371 e. The second kappa shape index (κ2) is 5.30. The lowest BCUT2D eigenvalue weighted by molar-refractivity contribution is -0.0717. The molecular weight excluding hydrogens is 238 g/mol. The van der Waals surface area contributed by atoms with Crippen LogP contribution in [0.15, 0.2) is 18.2 Å². The fraction of sp³-hybridized carbons (Fsp3) is 0.533. The molecule has 2 fully saturated rings. The lowest BCUT2D eigenvalue weighted by atomic mass is 10.00. The van der Waals surface area contributed by atoms with Crippen molar-refractivity contribution in [3.05, 3.63) is 34.9 Å². The van der Waals surface area contributed by atoms with Gasteiger partial charge in [-0.1, -0.05) is 12.1 Å². The first-order chi connectivity index (χ1) is 9.28. The minimum absolute atomic E-state index is 0.140. The van der Waals surface area contributed by atoms with Gasteiger partial charge >= 0.3 is 0 Å². The summed E-state index contributed by atoms with van der Waals surface area (Å²) in [4.78, 5) is 2.51. The van der Waals surface area contributed by atoms with Crippen LogP contribution in [0.2, 0.25) is 0 Å². The number of nitriles is 1. The van der Waals surface area contributed by atoms with Crippen LogP contribution in [0, 0.1) is 18.3 Å². The van der Waals surface area contributed by atoms with Crippen molar-refractivity contribution in [2.45, 2.75) is 19.1 Å². The van der Waals surface area contributed by atoms with Gasteiger partial charge in [-0.05, 0) is 24.1 Å². The number of nitrogens with zero attached hydrogens (tertiary/aromatic N) is 2. The molecule has 2 atom stereocenters. The van der Waals surface area contributed by atoms with Gasteiger partial charge in [-0.3, -0.25) is 4.90 Å². The molecule has 4 nitrogen and oxygen atoms in total. The van der Waals surface area contributed by atoms with E-state index < -0.39 is 0 Å². The molecule has 1 N–H and O–H groups in total. The highest BCUT2D eigenvalue weighted by Gasteiger charge is 2.31. The highest BCUT2D eigenvalue weighted by molar-refractivity contribution is 5.40. The number of aryl methyl sites for hydroxylation is 1. The third kappa shape index (κ3) is 2.50. The second-order valence-corrected chi connectivity index (χ2v) is 5.36. The first-order valence-corrected chi connectivity index (χ1v) is 6.85. The number of benzene rings is 1. The van der Waals surface area contributed by atoms with Crippen LogP contribution in [0.4, 0.5) is 0 Å². The van der Waals surface area contributed by atoms with Crippen LogP contribution >= 0.6 is 0 Å². The number of fused-ring (bicyclic) bond motifs is 1. The zero-order chi connectivity index (χ0) is 13.2. The Hall–Kier alpha value is -1.41. The van der Waals surface area contributed by atoms with Gasteiger partial charge in [0.15, 0.2) is 0 Å². The Labute approximate surface area is 114 Å². The lowest BCUT2D eigenvalue weighted by Gasteiger charge is -2.42. The predicted octanol–water partition coefficient (Wildman–Crippen LogP) is 1.21. The smallest absolute Gasteiger partial charge is 0.0994 e. The SMILES string of the molecule is Cc1cc([C@@H]2CN3CCNC[C@@H]3CO2)ccc1C#N. The first-order valence-electron chi connectivity index (χ1n) is 6.85. The van der Waals surface area contributed by atoms with Crippen LogP contribution in [-0.2, 0) is 4.74 Å². The summed E-state index contributed by atoms with van der Waals surface area (Å²) in [5.74, 6) is 0. The minimum atomic E-state index is 0.140. The Morgan fingerprint density at radius 2 is 2.37 bits per heavy atom. The lowest BCUT2D eigenvalue weighted by Crippen LogP contribution is -2.57. The maximum absolute atomic E-state index is 8.98. The van der Waals surface area contributed by atoms with Crippen molar-refractivity contribution < 1.29 is 4.74 Å². The van der Waals surface area contributed by atoms with Crippen molar-refractivity contribution in [2.24, 2.45) is 0 Å². The first kappa shape index (κ1) is 12.6. The summed E-state index contributed by atoms with van der Waals surface area (Å²) in [6.07, 6.45) is 0.140. The number of hydrogen-bond acceptors (Lipinski definition) is 4. The second-order valence-electron chi connectivity index (χ2n) is 5.36. The van der Waals surface area contributed by atoms with Gasteiger partial charge in [0, 0.05) is 32.2 Å². The summed E-state index contributed by atoms with van der Waals surface area (Å²) in [7, 11) is 0. The fourth-order valence-electron chi connectivity index (χ4n) is 2.91. The van der Waals surface area contributed by atoms with Gasteiger partial charge in [0.05, 0.1) is 24.3 Å². The summed E-state index contributed by atoms with van der Waals surface area (Å²) in [5.41, 5.74) is 2.97. The van der Waals surface area contributed by atoms with Gasteiger partial charge in [0.1, 0.15) is 0 Å². The highest BCUT2D eigenvalue weighted by Crippen LogP contribution is 2.26. The van der Waals surface area contributed by atoms with Gasteiger partial charge in [0.25, 0.3) is 0 Å². The molecular formula is C15H19N3O. The number of hydrogen-bond donors (Lipinski definition) is 1. The number of morpholine rings is 1. The molecule has 0 saturated carbocycles. The van der Waals surface area contributed by atoms with Crippen LogP contribution in [-0.4, -0.2) is 43.7 Å². The van der Waals surface area contributed by atoms with E-state index in [-0.39, 0.29) is 6.10 Å². The molecule has 100 valence electrons. The highest BCUT2D eigenvalue weighted by atomic mass is 16.5. The van der Waals surface area contributed by atoms with E-state index in [0.717, 1.165) is 43.9 Å². The van der Waals surface area contributed by atoms with Gasteiger partial charge in [-0.15, -0.1) is 0 Å². The standard InChI is InChI=1S/C15H19N3O/c1-11-6-12(2-3-13(11)7-16)15-9-18-5-4-17-8-14(18)10-19-15/h2-3,6,14-15,17H,4-5,8-10H2,1H3/t14-,15+/m1/s1. The topological polar surface area (TPSA) is 48.3 Å². The monoisotopic (exact) mass is 257 g/mol. The van der Waals surface area contributed by atoms with Gasteiger partial charge in [0.2, 0.25) is 0 Å². The molecule has 0 bridgehead atoms. The molecule has 0 amide bonds. The fourth-order valence-corrected chi connectivity index (χ4v) is 2.91. The average Bonchev–Trinajstić information content (AvgIpc) is 2.46. The molecule has 19 heavy (non-hydrogen) atoms. The molecule has 1 aromatic rings. The van der Waals surface area contributed by atoms with Crippen molar-refractivity contribution in [3.63, 3.8) is 0 Å².